The van der Waals surface area contributed by atoms with Gasteiger partial charge in [0.2, 0.25) is 0 Å². The zero-order valence-electron chi connectivity index (χ0n) is 9.86. The van der Waals surface area contributed by atoms with E-state index < -0.39 is 11.6 Å². The maximum atomic E-state index is 13.0. The van der Waals surface area contributed by atoms with E-state index in [0.717, 1.165) is 23.8 Å². The summed E-state index contributed by atoms with van der Waals surface area (Å²) in [4.78, 5) is 0. The van der Waals surface area contributed by atoms with Crippen molar-refractivity contribution >= 4 is 0 Å². The van der Waals surface area contributed by atoms with Crippen LogP contribution in [0.5, 0.6) is 11.5 Å². The second kappa shape index (κ2) is 5.46. The summed E-state index contributed by atoms with van der Waals surface area (Å²) in [7, 11) is 0. The lowest BCUT2D eigenvalue weighted by Gasteiger charge is -2.08. The first-order valence-corrected chi connectivity index (χ1v) is 5.49. The van der Waals surface area contributed by atoms with Crippen molar-refractivity contribution in [1.29, 1.82) is 5.26 Å². The fraction of sp³-hybridized carbons (Fsp3) is 0.0714. The third kappa shape index (κ3) is 3.06. The molecule has 0 fully saturated rings. The summed E-state index contributed by atoms with van der Waals surface area (Å²) in [6.45, 7) is 0.295. The topological polar surface area (TPSA) is 59.0 Å². The number of nitrogens with two attached hydrogens (primary N) is 1. The molecule has 0 aliphatic rings. The Labute approximate surface area is 108 Å². The summed E-state index contributed by atoms with van der Waals surface area (Å²) in [5, 5.41) is 9.01. The van der Waals surface area contributed by atoms with Crippen LogP contribution >= 0.6 is 0 Å². The van der Waals surface area contributed by atoms with Gasteiger partial charge < -0.3 is 10.5 Å². The lowest BCUT2D eigenvalue weighted by molar-refractivity contribution is 0.467. The molecule has 2 N–H and O–H groups in total. The Balaban J connectivity index is 2.35. The highest BCUT2D eigenvalue weighted by atomic mass is 19.1. The molecule has 0 aliphatic heterocycles. The molecule has 0 aliphatic carbocycles. The quantitative estimate of drug-likeness (QED) is 0.922. The summed E-state index contributed by atoms with van der Waals surface area (Å²) < 4.78 is 31.4. The maximum absolute atomic E-state index is 13.0. The van der Waals surface area contributed by atoms with Crippen LogP contribution in [-0.2, 0) is 6.54 Å². The molecular weight excluding hydrogens is 250 g/mol. The van der Waals surface area contributed by atoms with Gasteiger partial charge in [0.15, 0.2) is 0 Å². The van der Waals surface area contributed by atoms with Crippen molar-refractivity contribution in [2.45, 2.75) is 6.54 Å². The van der Waals surface area contributed by atoms with E-state index in [9.17, 15) is 8.78 Å². The monoisotopic (exact) mass is 260 g/mol. The first kappa shape index (κ1) is 13.0. The van der Waals surface area contributed by atoms with E-state index in [-0.39, 0.29) is 17.1 Å². The average molecular weight is 260 g/mol. The second-order valence-corrected chi connectivity index (χ2v) is 3.85. The molecule has 0 heterocycles. The van der Waals surface area contributed by atoms with Crippen LogP contribution in [0.25, 0.3) is 0 Å². The normalized spacial score (nSPS) is 10.0. The zero-order chi connectivity index (χ0) is 13.8. The van der Waals surface area contributed by atoms with Crippen LogP contribution in [0.2, 0.25) is 0 Å². The van der Waals surface area contributed by atoms with E-state index in [2.05, 4.69) is 0 Å². The van der Waals surface area contributed by atoms with Gasteiger partial charge in [-0.2, -0.15) is 5.26 Å². The van der Waals surface area contributed by atoms with Crippen molar-refractivity contribution in [1.82, 2.24) is 0 Å². The fourth-order valence-corrected chi connectivity index (χ4v) is 1.59. The van der Waals surface area contributed by atoms with E-state index in [0.29, 0.717) is 6.54 Å². The Bertz CT molecular complexity index is 630. The molecule has 2 aromatic rings. The average Bonchev–Trinajstić information content (AvgIpc) is 2.38. The molecule has 19 heavy (non-hydrogen) atoms. The van der Waals surface area contributed by atoms with Gasteiger partial charge in [-0.05, 0) is 17.7 Å². The SMILES string of the molecule is N#Cc1cc(CN)ccc1Oc1cc(F)cc(F)c1. The first-order chi connectivity index (χ1) is 9.12. The summed E-state index contributed by atoms with van der Waals surface area (Å²) in [5.74, 6) is -1.27. The Morgan fingerprint density at radius 1 is 1.11 bits per heavy atom. The van der Waals surface area contributed by atoms with E-state index in [1.165, 1.54) is 0 Å². The highest BCUT2D eigenvalue weighted by Gasteiger charge is 2.08. The standard InChI is InChI=1S/C14H10F2N2O/c15-11-4-12(16)6-13(5-11)19-14-2-1-9(7-17)3-10(14)8-18/h1-6H,7,17H2. The number of benzene rings is 2. The van der Waals surface area contributed by atoms with E-state index in [4.69, 9.17) is 15.7 Å². The van der Waals surface area contributed by atoms with Crippen LogP contribution in [0.15, 0.2) is 36.4 Å². The number of nitrogens with zero attached hydrogens (tertiary/aromatic N) is 1. The van der Waals surface area contributed by atoms with Crippen LogP contribution in [0.3, 0.4) is 0 Å². The molecule has 0 saturated carbocycles. The molecule has 0 amide bonds. The highest BCUT2D eigenvalue weighted by molar-refractivity contribution is 5.47. The van der Waals surface area contributed by atoms with E-state index >= 15 is 0 Å². The Hall–Kier alpha value is -2.45. The van der Waals surface area contributed by atoms with Gasteiger partial charge in [-0.1, -0.05) is 6.07 Å². The van der Waals surface area contributed by atoms with Crippen LogP contribution in [-0.4, -0.2) is 0 Å². The largest absolute Gasteiger partial charge is 0.456 e. The van der Waals surface area contributed by atoms with E-state index in [1.54, 1.807) is 18.2 Å². The summed E-state index contributed by atoms with van der Waals surface area (Å²) in [5.41, 5.74) is 6.50. The van der Waals surface area contributed by atoms with Crippen LogP contribution in [0, 0.1) is 23.0 Å². The molecule has 0 atom stereocenters. The predicted molar refractivity (Wildman–Crippen MR) is 65.5 cm³/mol. The second-order valence-electron chi connectivity index (χ2n) is 3.85. The van der Waals surface area contributed by atoms with Gasteiger partial charge in [-0.3, -0.25) is 0 Å². The zero-order valence-corrected chi connectivity index (χ0v) is 9.86. The number of ether oxygens (including phenoxy) is 1. The molecule has 0 saturated heterocycles. The lowest BCUT2D eigenvalue weighted by atomic mass is 10.1. The van der Waals surface area contributed by atoms with Crippen molar-refractivity contribution in [2.24, 2.45) is 5.73 Å². The van der Waals surface area contributed by atoms with Gasteiger partial charge in [-0.25, -0.2) is 8.78 Å². The summed E-state index contributed by atoms with van der Waals surface area (Å²) in [6, 6.07) is 9.59. The van der Waals surface area contributed by atoms with Crippen LogP contribution < -0.4 is 10.5 Å². The molecule has 3 nitrogen and oxygen atoms in total. The molecule has 5 heteroatoms. The maximum Gasteiger partial charge on any atom is 0.145 e. The van der Waals surface area contributed by atoms with E-state index in [1.807, 2.05) is 6.07 Å². The molecule has 0 unspecified atom stereocenters. The highest BCUT2D eigenvalue weighted by Crippen LogP contribution is 2.27. The fourth-order valence-electron chi connectivity index (χ4n) is 1.59. The number of rotatable bonds is 3. The number of hydrogen-bond donors (Lipinski definition) is 1. The van der Waals surface area contributed by atoms with Gasteiger partial charge in [0.25, 0.3) is 0 Å². The number of hydrogen-bond acceptors (Lipinski definition) is 3. The molecule has 0 spiro atoms. The van der Waals surface area contributed by atoms with Crippen LogP contribution in [0.4, 0.5) is 8.78 Å². The van der Waals surface area contributed by atoms with Crippen molar-refractivity contribution in [3.05, 3.63) is 59.2 Å². The van der Waals surface area contributed by atoms with Crippen molar-refractivity contribution in [3.8, 4) is 17.6 Å². The summed E-state index contributed by atoms with van der Waals surface area (Å²) >= 11 is 0. The minimum Gasteiger partial charge on any atom is -0.456 e. The molecule has 2 rings (SSSR count). The van der Waals surface area contributed by atoms with Gasteiger partial charge in [0, 0.05) is 24.7 Å². The third-order valence-electron chi connectivity index (χ3n) is 2.46. The Morgan fingerprint density at radius 2 is 1.79 bits per heavy atom. The molecule has 0 bridgehead atoms. The lowest BCUT2D eigenvalue weighted by Crippen LogP contribution is -1.98. The minimum absolute atomic E-state index is 0.00509. The Morgan fingerprint density at radius 3 is 2.37 bits per heavy atom. The van der Waals surface area contributed by atoms with Crippen molar-refractivity contribution in [2.75, 3.05) is 0 Å². The molecule has 0 aromatic heterocycles. The van der Waals surface area contributed by atoms with Crippen molar-refractivity contribution in [3.63, 3.8) is 0 Å². The molecular formula is C14H10F2N2O. The first-order valence-electron chi connectivity index (χ1n) is 5.49. The van der Waals surface area contributed by atoms with Gasteiger partial charge in [-0.15, -0.1) is 0 Å². The number of nitriles is 1. The molecule has 0 radical (unpaired) electrons. The summed E-state index contributed by atoms with van der Waals surface area (Å²) in [6.07, 6.45) is 0. The third-order valence-corrected chi connectivity index (χ3v) is 2.46. The van der Waals surface area contributed by atoms with Gasteiger partial charge in [0.05, 0.1) is 5.56 Å². The Kier molecular flexibility index (Phi) is 3.74. The minimum atomic E-state index is -0.743. The smallest absolute Gasteiger partial charge is 0.145 e. The molecule has 96 valence electrons. The van der Waals surface area contributed by atoms with Crippen molar-refractivity contribution < 1.29 is 13.5 Å². The number of halogens is 2. The van der Waals surface area contributed by atoms with Gasteiger partial charge in [0.1, 0.15) is 29.2 Å². The molecule has 2 aromatic carbocycles. The van der Waals surface area contributed by atoms with Crippen LogP contribution in [0.1, 0.15) is 11.1 Å². The van der Waals surface area contributed by atoms with Gasteiger partial charge >= 0.3 is 0 Å². The predicted octanol–water partition coefficient (Wildman–Crippen LogP) is 3.09.